The van der Waals surface area contributed by atoms with E-state index in [1.54, 1.807) is 6.07 Å². The predicted molar refractivity (Wildman–Crippen MR) is 116 cm³/mol. The molecule has 166 valence electrons. The first-order valence-electron chi connectivity index (χ1n) is 10.3. The molecule has 1 heterocycles. The molecule has 0 aliphatic rings. The van der Waals surface area contributed by atoms with Crippen LogP contribution in [-0.4, -0.2) is 61.0 Å². The van der Waals surface area contributed by atoms with E-state index in [9.17, 15) is 4.39 Å². The van der Waals surface area contributed by atoms with Crippen LogP contribution in [0.3, 0.4) is 0 Å². The Morgan fingerprint density at radius 1 is 0.900 bits per heavy atom. The van der Waals surface area contributed by atoms with Crippen molar-refractivity contribution in [3.8, 4) is 0 Å². The Morgan fingerprint density at radius 3 is 2.23 bits per heavy atom. The van der Waals surface area contributed by atoms with Gasteiger partial charge in [-0.15, -0.1) is 0 Å². The zero-order valence-electron chi connectivity index (χ0n) is 17.5. The molecule has 0 aliphatic heterocycles. The molecule has 0 aliphatic carbocycles. The first kappa shape index (κ1) is 23.7. The lowest BCUT2D eigenvalue weighted by Crippen LogP contribution is -2.17. The molecule has 2 rings (SSSR count). The Balaban J connectivity index is 1.87. The number of hydrogen-bond donors (Lipinski definition) is 4. The van der Waals surface area contributed by atoms with Crippen LogP contribution >= 0.6 is 0 Å². The molecule has 2 aromatic rings. The molecule has 10 heteroatoms. The minimum absolute atomic E-state index is 0.275. The predicted octanol–water partition coefficient (Wildman–Crippen LogP) is 2.24. The van der Waals surface area contributed by atoms with Gasteiger partial charge in [-0.1, -0.05) is 25.5 Å². The van der Waals surface area contributed by atoms with E-state index < -0.39 is 0 Å². The topological polar surface area (TPSA) is 119 Å². The van der Waals surface area contributed by atoms with Crippen molar-refractivity contribution in [1.82, 2.24) is 15.0 Å². The van der Waals surface area contributed by atoms with Gasteiger partial charge in [0.1, 0.15) is 5.82 Å². The van der Waals surface area contributed by atoms with Crippen molar-refractivity contribution in [2.24, 2.45) is 5.73 Å². The summed E-state index contributed by atoms with van der Waals surface area (Å²) in [7, 11) is 0. The number of hydrogen-bond acceptors (Lipinski definition) is 9. The maximum atomic E-state index is 13.4. The van der Waals surface area contributed by atoms with Crippen molar-refractivity contribution in [2.75, 3.05) is 62.0 Å². The van der Waals surface area contributed by atoms with Crippen LogP contribution in [0.5, 0.6) is 0 Å². The van der Waals surface area contributed by atoms with Gasteiger partial charge in [0.2, 0.25) is 17.8 Å². The molecule has 0 saturated heterocycles. The number of unbranched alkanes of at least 4 members (excludes halogenated alkanes) is 1. The molecule has 0 saturated carbocycles. The minimum atomic E-state index is -0.275. The van der Waals surface area contributed by atoms with E-state index in [-0.39, 0.29) is 5.82 Å². The third-order valence-corrected chi connectivity index (χ3v) is 3.95. The van der Waals surface area contributed by atoms with Gasteiger partial charge in [0.05, 0.1) is 26.4 Å². The molecular formula is C20H32FN7O2. The first-order valence-corrected chi connectivity index (χ1v) is 10.3. The van der Waals surface area contributed by atoms with Crippen molar-refractivity contribution in [1.29, 1.82) is 0 Å². The summed E-state index contributed by atoms with van der Waals surface area (Å²) in [5, 5.41) is 9.46. The average molecular weight is 422 g/mol. The van der Waals surface area contributed by atoms with Crippen LogP contribution in [0.25, 0.3) is 0 Å². The maximum absolute atomic E-state index is 13.4. The summed E-state index contributed by atoms with van der Waals surface area (Å²) in [4.78, 5) is 13.2. The fraction of sp³-hybridized carbons (Fsp3) is 0.550. The second-order valence-electron chi connectivity index (χ2n) is 6.51. The SMILES string of the molecule is CCCCNc1nc(NCCOCCOCCN)nc(NCc2cccc(F)c2)n1. The Bertz CT molecular complexity index is 736. The Kier molecular flexibility index (Phi) is 11.4. The van der Waals surface area contributed by atoms with Crippen LogP contribution in [0, 0.1) is 5.82 Å². The first-order chi connectivity index (χ1) is 14.7. The second kappa shape index (κ2) is 14.4. The zero-order chi connectivity index (χ0) is 21.4. The summed E-state index contributed by atoms with van der Waals surface area (Å²) in [6, 6.07) is 6.40. The summed E-state index contributed by atoms with van der Waals surface area (Å²) >= 11 is 0. The van der Waals surface area contributed by atoms with Crippen molar-refractivity contribution in [3.63, 3.8) is 0 Å². The lowest BCUT2D eigenvalue weighted by Gasteiger charge is -2.11. The van der Waals surface area contributed by atoms with Gasteiger partial charge in [-0.2, -0.15) is 15.0 Å². The van der Waals surface area contributed by atoms with Crippen LogP contribution in [0.1, 0.15) is 25.3 Å². The van der Waals surface area contributed by atoms with Gasteiger partial charge < -0.3 is 31.2 Å². The van der Waals surface area contributed by atoms with E-state index in [0.717, 1.165) is 24.9 Å². The molecule has 0 bridgehead atoms. The molecule has 0 fully saturated rings. The van der Waals surface area contributed by atoms with Crippen LogP contribution in [0.4, 0.5) is 22.2 Å². The van der Waals surface area contributed by atoms with Gasteiger partial charge in [0, 0.05) is 26.2 Å². The number of nitrogens with zero attached hydrogens (tertiary/aromatic N) is 3. The molecule has 0 spiro atoms. The number of nitrogens with one attached hydrogen (secondary N) is 3. The van der Waals surface area contributed by atoms with Crippen molar-refractivity contribution >= 4 is 17.8 Å². The third kappa shape index (κ3) is 9.77. The third-order valence-electron chi connectivity index (χ3n) is 3.95. The van der Waals surface area contributed by atoms with Crippen LogP contribution < -0.4 is 21.7 Å². The lowest BCUT2D eigenvalue weighted by molar-refractivity contribution is 0.0547. The normalized spacial score (nSPS) is 10.8. The fourth-order valence-corrected chi connectivity index (χ4v) is 2.46. The highest BCUT2D eigenvalue weighted by Crippen LogP contribution is 2.11. The smallest absolute Gasteiger partial charge is 0.229 e. The largest absolute Gasteiger partial charge is 0.378 e. The molecule has 1 aromatic carbocycles. The fourth-order valence-electron chi connectivity index (χ4n) is 2.46. The van der Waals surface area contributed by atoms with E-state index in [1.165, 1.54) is 12.1 Å². The quantitative estimate of drug-likeness (QED) is 0.303. The monoisotopic (exact) mass is 421 g/mol. The van der Waals surface area contributed by atoms with Gasteiger partial charge in [0.15, 0.2) is 0 Å². The van der Waals surface area contributed by atoms with Gasteiger partial charge in [-0.3, -0.25) is 0 Å². The number of rotatable bonds is 16. The van der Waals surface area contributed by atoms with Gasteiger partial charge >= 0.3 is 0 Å². The number of nitrogens with two attached hydrogens (primary N) is 1. The Labute approximate surface area is 177 Å². The van der Waals surface area contributed by atoms with Crippen molar-refractivity contribution in [3.05, 3.63) is 35.6 Å². The summed E-state index contributed by atoms with van der Waals surface area (Å²) < 4.78 is 24.1. The molecule has 30 heavy (non-hydrogen) atoms. The summed E-state index contributed by atoms with van der Waals surface area (Å²) in [5.41, 5.74) is 6.16. The van der Waals surface area contributed by atoms with Crippen LogP contribution in [-0.2, 0) is 16.0 Å². The highest BCUT2D eigenvalue weighted by Gasteiger charge is 2.07. The zero-order valence-corrected chi connectivity index (χ0v) is 17.5. The number of aromatic nitrogens is 3. The number of ether oxygens (including phenoxy) is 2. The number of halogens is 1. The minimum Gasteiger partial charge on any atom is -0.378 e. The van der Waals surface area contributed by atoms with Crippen LogP contribution in [0.2, 0.25) is 0 Å². The van der Waals surface area contributed by atoms with Crippen molar-refractivity contribution in [2.45, 2.75) is 26.3 Å². The number of anilines is 3. The Morgan fingerprint density at radius 2 is 1.57 bits per heavy atom. The lowest BCUT2D eigenvalue weighted by atomic mass is 10.2. The highest BCUT2D eigenvalue weighted by molar-refractivity contribution is 5.42. The second-order valence-corrected chi connectivity index (χ2v) is 6.51. The van der Waals surface area contributed by atoms with E-state index in [4.69, 9.17) is 15.2 Å². The van der Waals surface area contributed by atoms with Crippen LogP contribution in [0.15, 0.2) is 24.3 Å². The van der Waals surface area contributed by atoms with E-state index in [1.807, 2.05) is 6.07 Å². The maximum Gasteiger partial charge on any atom is 0.229 e. The molecule has 1 aromatic heterocycles. The van der Waals surface area contributed by atoms with Gasteiger partial charge in [-0.05, 0) is 24.1 Å². The standard InChI is InChI=1S/C20H32FN7O2/c1-2-3-8-23-18-26-19(24-9-11-30-13-12-29-10-7-22)28-20(27-18)25-15-16-5-4-6-17(21)14-16/h4-6,14H,2-3,7-13,15,22H2,1H3,(H3,23,24,25,26,27,28). The summed E-state index contributed by atoms with van der Waals surface area (Å²) in [6.07, 6.45) is 2.08. The van der Waals surface area contributed by atoms with E-state index in [2.05, 4.69) is 37.8 Å². The van der Waals surface area contributed by atoms with Gasteiger partial charge in [-0.25, -0.2) is 4.39 Å². The molecule has 0 unspecified atom stereocenters. The molecule has 5 N–H and O–H groups in total. The molecular weight excluding hydrogens is 389 g/mol. The highest BCUT2D eigenvalue weighted by atomic mass is 19.1. The molecule has 9 nitrogen and oxygen atoms in total. The van der Waals surface area contributed by atoms with Crippen molar-refractivity contribution < 1.29 is 13.9 Å². The summed E-state index contributed by atoms with van der Waals surface area (Å²) in [5.74, 6) is 1.06. The van der Waals surface area contributed by atoms with Gasteiger partial charge in [0.25, 0.3) is 0 Å². The summed E-state index contributed by atoms with van der Waals surface area (Å²) in [6.45, 7) is 6.38. The van der Waals surface area contributed by atoms with E-state index >= 15 is 0 Å². The molecule has 0 atom stereocenters. The van der Waals surface area contributed by atoms with E-state index in [0.29, 0.717) is 63.9 Å². The average Bonchev–Trinajstić information content (AvgIpc) is 2.74. The Hall–Kier alpha value is -2.56. The molecule has 0 radical (unpaired) electrons. The molecule has 0 amide bonds. The number of benzene rings is 1.